The van der Waals surface area contributed by atoms with Crippen molar-refractivity contribution < 1.29 is 13.6 Å². The van der Waals surface area contributed by atoms with Gasteiger partial charge >= 0.3 is 0 Å². The van der Waals surface area contributed by atoms with Gasteiger partial charge in [-0.1, -0.05) is 12.1 Å². The lowest BCUT2D eigenvalue weighted by Crippen LogP contribution is -2.30. The number of carbonyl (C=O) groups is 1. The number of thiophene rings is 1. The highest BCUT2D eigenvalue weighted by Gasteiger charge is 2.22. The van der Waals surface area contributed by atoms with Crippen molar-refractivity contribution in [3.05, 3.63) is 91.9 Å². The van der Waals surface area contributed by atoms with E-state index in [0.29, 0.717) is 29.8 Å². The van der Waals surface area contributed by atoms with E-state index in [0.717, 1.165) is 16.0 Å². The number of fused-ring (bicyclic) bond motifs is 1. The Balaban J connectivity index is 1.74. The molecule has 3 aromatic heterocycles. The maximum Gasteiger partial charge on any atom is 0.290 e. The van der Waals surface area contributed by atoms with Gasteiger partial charge < -0.3 is 13.7 Å². The first-order chi connectivity index (χ1) is 13.5. The molecule has 0 spiro atoms. The van der Waals surface area contributed by atoms with Crippen molar-refractivity contribution in [2.45, 2.75) is 26.9 Å². The van der Waals surface area contributed by atoms with Crippen LogP contribution in [0, 0.1) is 13.8 Å². The standard InChI is InChI=1S/C22H19NO4S/c1-14-9-15(2)21-18(10-14)19(24)11-20(27-21)22(25)23(12-16-5-3-7-26-16)13-17-6-4-8-28-17/h3-11H,12-13H2,1-2H3. The number of hydrogen-bond acceptors (Lipinski definition) is 5. The SMILES string of the molecule is Cc1cc(C)c2oc(C(=O)N(Cc3ccco3)Cc3cccs3)cc(=O)c2c1. The second-order valence-corrected chi connectivity index (χ2v) is 7.79. The molecule has 3 heterocycles. The van der Waals surface area contributed by atoms with E-state index < -0.39 is 0 Å². The number of nitrogens with zero attached hydrogens (tertiary/aromatic N) is 1. The van der Waals surface area contributed by atoms with Crippen LogP contribution in [0.5, 0.6) is 0 Å². The maximum absolute atomic E-state index is 13.2. The number of benzene rings is 1. The lowest BCUT2D eigenvalue weighted by atomic mass is 10.1. The fourth-order valence-electron chi connectivity index (χ4n) is 3.25. The first-order valence-electron chi connectivity index (χ1n) is 8.90. The predicted octanol–water partition coefficient (Wildman–Crippen LogP) is 4.91. The molecule has 0 aliphatic heterocycles. The molecule has 0 fully saturated rings. The van der Waals surface area contributed by atoms with Crippen LogP contribution in [0.1, 0.15) is 32.3 Å². The molecule has 0 bridgehead atoms. The zero-order valence-corrected chi connectivity index (χ0v) is 16.4. The first kappa shape index (κ1) is 18.3. The summed E-state index contributed by atoms with van der Waals surface area (Å²) >= 11 is 1.57. The van der Waals surface area contributed by atoms with Crippen LogP contribution < -0.4 is 5.43 Å². The molecule has 6 heteroatoms. The van der Waals surface area contributed by atoms with E-state index in [4.69, 9.17) is 8.83 Å². The lowest BCUT2D eigenvalue weighted by Gasteiger charge is -2.20. The molecule has 0 saturated carbocycles. The first-order valence-corrected chi connectivity index (χ1v) is 9.78. The monoisotopic (exact) mass is 393 g/mol. The van der Waals surface area contributed by atoms with Crippen LogP contribution in [0.4, 0.5) is 0 Å². The topological polar surface area (TPSA) is 63.7 Å². The van der Waals surface area contributed by atoms with E-state index in [1.54, 1.807) is 34.6 Å². The molecule has 0 radical (unpaired) electrons. The Kier molecular flexibility index (Phi) is 4.88. The van der Waals surface area contributed by atoms with Crippen molar-refractivity contribution >= 4 is 28.2 Å². The fourth-order valence-corrected chi connectivity index (χ4v) is 3.97. The minimum Gasteiger partial charge on any atom is -0.467 e. The molecule has 4 aromatic rings. The normalized spacial score (nSPS) is 11.1. The molecule has 1 amide bonds. The highest BCUT2D eigenvalue weighted by molar-refractivity contribution is 7.09. The van der Waals surface area contributed by atoms with Crippen LogP contribution in [0.3, 0.4) is 0 Å². The molecule has 0 N–H and O–H groups in total. The van der Waals surface area contributed by atoms with Gasteiger partial charge in [0.15, 0.2) is 11.2 Å². The third-order valence-corrected chi connectivity index (χ3v) is 5.37. The third kappa shape index (κ3) is 3.64. The molecule has 5 nitrogen and oxygen atoms in total. The summed E-state index contributed by atoms with van der Waals surface area (Å²) in [6.45, 7) is 4.50. The second-order valence-electron chi connectivity index (χ2n) is 6.75. The Morgan fingerprint density at radius 1 is 1.11 bits per heavy atom. The maximum atomic E-state index is 13.2. The van der Waals surface area contributed by atoms with Gasteiger partial charge in [-0.15, -0.1) is 11.3 Å². The minimum atomic E-state index is -0.344. The largest absolute Gasteiger partial charge is 0.467 e. The van der Waals surface area contributed by atoms with Crippen LogP contribution in [0.2, 0.25) is 0 Å². The summed E-state index contributed by atoms with van der Waals surface area (Å²) in [5.41, 5.74) is 2.05. The minimum absolute atomic E-state index is 0.0348. The molecule has 4 rings (SSSR count). The lowest BCUT2D eigenvalue weighted by molar-refractivity contribution is 0.0687. The summed E-state index contributed by atoms with van der Waals surface area (Å²) in [5.74, 6) is 0.358. The number of carbonyl (C=O) groups excluding carboxylic acids is 1. The molecule has 0 unspecified atom stereocenters. The highest BCUT2D eigenvalue weighted by Crippen LogP contribution is 2.22. The van der Waals surface area contributed by atoms with Crippen molar-refractivity contribution in [3.8, 4) is 0 Å². The number of aryl methyl sites for hydroxylation is 2. The van der Waals surface area contributed by atoms with Gasteiger partial charge in [-0.3, -0.25) is 9.59 Å². The molecule has 0 aliphatic carbocycles. The molecule has 0 aliphatic rings. The molecule has 28 heavy (non-hydrogen) atoms. The second kappa shape index (κ2) is 7.48. The number of hydrogen-bond donors (Lipinski definition) is 0. The van der Waals surface area contributed by atoms with Crippen molar-refractivity contribution in [3.63, 3.8) is 0 Å². The Morgan fingerprint density at radius 2 is 1.96 bits per heavy atom. The highest BCUT2D eigenvalue weighted by atomic mass is 32.1. The van der Waals surface area contributed by atoms with Crippen molar-refractivity contribution in [2.24, 2.45) is 0 Å². The molecular weight excluding hydrogens is 374 g/mol. The Bertz CT molecular complexity index is 1140. The fraction of sp³-hybridized carbons (Fsp3) is 0.182. The number of rotatable bonds is 5. The van der Waals surface area contributed by atoms with Crippen molar-refractivity contribution in [1.82, 2.24) is 4.90 Å². The summed E-state index contributed by atoms with van der Waals surface area (Å²) in [7, 11) is 0. The van der Waals surface area contributed by atoms with E-state index >= 15 is 0 Å². The van der Waals surface area contributed by atoms with Crippen LogP contribution in [0.15, 0.2) is 67.7 Å². The van der Waals surface area contributed by atoms with Crippen molar-refractivity contribution in [2.75, 3.05) is 0 Å². The summed E-state index contributed by atoms with van der Waals surface area (Å²) in [6.07, 6.45) is 1.57. The van der Waals surface area contributed by atoms with E-state index in [1.807, 2.05) is 43.5 Å². The molecule has 142 valence electrons. The zero-order valence-electron chi connectivity index (χ0n) is 15.6. The number of amides is 1. The van der Waals surface area contributed by atoms with Gasteiger partial charge in [0.25, 0.3) is 5.91 Å². The molecular formula is C22H19NO4S. The average molecular weight is 393 g/mol. The Morgan fingerprint density at radius 3 is 2.68 bits per heavy atom. The van der Waals surface area contributed by atoms with Crippen LogP contribution in [-0.2, 0) is 13.1 Å². The van der Waals surface area contributed by atoms with E-state index in [-0.39, 0.29) is 17.1 Å². The van der Waals surface area contributed by atoms with Crippen LogP contribution in [0.25, 0.3) is 11.0 Å². The Labute approximate surface area is 165 Å². The van der Waals surface area contributed by atoms with E-state index in [2.05, 4.69) is 0 Å². The third-order valence-electron chi connectivity index (χ3n) is 4.51. The zero-order chi connectivity index (χ0) is 19.7. The number of furan rings is 1. The van der Waals surface area contributed by atoms with Gasteiger partial charge in [-0.05, 0) is 54.6 Å². The molecule has 1 aromatic carbocycles. The summed E-state index contributed by atoms with van der Waals surface area (Å²) in [6, 6.07) is 12.5. The van der Waals surface area contributed by atoms with Gasteiger partial charge in [0.2, 0.25) is 0 Å². The average Bonchev–Trinajstić information content (AvgIpc) is 3.35. The summed E-state index contributed by atoms with van der Waals surface area (Å²) in [4.78, 5) is 28.5. The quantitative estimate of drug-likeness (QED) is 0.483. The molecule has 0 saturated heterocycles. The summed E-state index contributed by atoms with van der Waals surface area (Å²) < 4.78 is 11.3. The van der Waals surface area contributed by atoms with Crippen molar-refractivity contribution in [1.29, 1.82) is 0 Å². The van der Waals surface area contributed by atoms with Gasteiger partial charge in [0, 0.05) is 10.9 Å². The van der Waals surface area contributed by atoms with Gasteiger partial charge in [-0.2, -0.15) is 0 Å². The van der Waals surface area contributed by atoms with Gasteiger partial charge in [0.1, 0.15) is 11.3 Å². The van der Waals surface area contributed by atoms with Crippen LogP contribution >= 0.6 is 11.3 Å². The van der Waals surface area contributed by atoms with Gasteiger partial charge in [-0.25, -0.2) is 0 Å². The smallest absolute Gasteiger partial charge is 0.290 e. The summed E-state index contributed by atoms with van der Waals surface area (Å²) in [5, 5.41) is 2.46. The van der Waals surface area contributed by atoms with Gasteiger partial charge in [0.05, 0.1) is 24.7 Å². The van der Waals surface area contributed by atoms with Crippen LogP contribution in [-0.4, -0.2) is 10.8 Å². The van der Waals surface area contributed by atoms with E-state index in [9.17, 15) is 9.59 Å². The predicted molar refractivity (Wildman–Crippen MR) is 109 cm³/mol. The van der Waals surface area contributed by atoms with E-state index in [1.165, 1.54) is 6.07 Å². The Hall–Kier alpha value is -3.12. The molecule has 0 atom stereocenters.